The van der Waals surface area contributed by atoms with Gasteiger partial charge in [-0.25, -0.2) is 0 Å². The van der Waals surface area contributed by atoms with Gasteiger partial charge < -0.3 is 4.42 Å². The average molecular weight is 391 g/mol. The summed E-state index contributed by atoms with van der Waals surface area (Å²) in [5, 5.41) is 20.6. The lowest BCUT2D eigenvalue weighted by atomic mass is 9.94. The molecule has 0 saturated carbocycles. The summed E-state index contributed by atoms with van der Waals surface area (Å²) in [5.74, 6) is -0.550. The van der Waals surface area contributed by atoms with E-state index in [4.69, 9.17) is 4.42 Å². The Kier molecular flexibility index (Phi) is 5.41. The molecule has 2 heterocycles. The van der Waals surface area contributed by atoms with Crippen molar-refractivity contribution in [3.8, 4) is 17.4 Å². The van der Waals surface area contributed by atoms with Crippen LogP contribution in [0.3, 0.4) is 0 Å². The van der Waals surface area contributed by atoms with Gasteiger partial charge in [0.2, 0.25) is 0 Å². The summed E-state index contributed by atoms with van der Waals surface area (Å²) >= 11 is 0. The summed E-state index contributed by atoms with van der Waals surface area (Å²) in [6.07, 6.45) is 2.01. The van der Waals surface area contributed by atoms with Crippen LogP contribution in [0, 0.1) is 21.4 Å². The molecule has 1 aromatic heterocycles. The van der Waals surface area contributed by atoms with Crippen LogP contribution in [-0.4, -0.2) is 28.2 Å². The van der Waals surface area contributed by atoms with Gasteiger partial charge in [0, 0.05) is 18.2 Å². The van der Waals surface area contributed by atoms with Gasteiger partial charge in [-0.1, -0.05) is 19.1 Å². The molecule has 3 rings (SSSR count). The molecular formula is C21H17N3O5. The number of imide groups is 1. The number of rotatable bonds is 5. The molecule has 0 unspecified atom stereocenters. The number of carbonyl (C=O) groups excluding carboxylic acids is 2. The van der Waals surface area contributed by atoms with Gasteiger partial charge in [0.15, 0.2) is 0 Å². The predicted molar refractivity (Wildman–Crippen MR) is 104 cm³/mol. The Morgan fingerprint density at radius 3 is 2.59 bits per heavy atom. The Hall–Kier alpha value is -3.99. The molecule has 0 bridgehead atoms. The molecule has 146 valence electrons. The van der Waals surface area contributed by atoms with Crippen molar-refractivity contribution >= 4 is 23.6 Å². The quantitative estimate of drug-likeness (QED) is 0.331. The van der Waals surface area contributed by atoms with Gasteiger partial charge in [0.05, 0.1) is 10.5 Å². The van der Waals surface area contributed by atoms with Crippen LogP contribution in [0.25, 0.3) is 17.4 Å². The molecule has 8 heteroatoms. The third kappa shape index (κ3) is 3.58. The van der Waals surface area contributed by atoms with Gasteiger partial charge in [-0.15, -0.1) is 0 Å². The first-order valence-electron chi connectivity index (χ1n) is 8.91. The Balaban J connectivity index is 2.06. The lowest BCUT2D eigenvalue weighted by Crippen LogP contribution is -2.43. The number of hydrogen-bond acceptors (Lipinski definition) is 6. The minimum absolute atomic E-state index is 0.0882. The predicted octanol–water partition coefficient (Wildman–Crippen LogP) is 3.86. The summed E-state index contributed by atoms with van der Waals surface area (Å²) in [4.78, 5) is 36.9. The maximum Gasteiger partial charge on any atom is 0.280 e. The first-order chi connectivity index (χ1) is 13.9. The molecule has 0 saturated heterocycles. The van der Waals surface area contributed by atoms with Crippen molar-refractivity contribution in [1.82, 2.24) is 4.90 Å². The highest BCUT2D eigenvalue weighted by Gasteiger charge is 2.35. The first-order valence-corrected chi connectivity index (χ1v) is 8.91. The lowest BCUT2D eigenvalue weighted by Gasteiger charge is -2.26. The summed E-state index contributed by atoms with van der Waals surface area (Å²) in [6.45, 7) is 3.56. The van der Waals surface area contributed by atoms with Gasteiger partial charge in [0.1, 0.15) is 23.2 Å². The van der Waals surface area contributed by atoms with Crippen LogP contribution >= 0.6 is 0 Å². The second-order valence-corrected chi connectivity index (χ2v) is 6.41. The number of hydrogen-bond donors (Lipinski definition) is 0. The fourth-order valence-electron chi connectivity index (χ4n) is 3.12. The molecule has 0 spiro atoms. The van der Waals surface area contributed by atoms with Gasteiger partial charge in [-0.3, -0.25) is 24.6 Å². The first kappa shape index (κ1) is 19.8. The summed E-state index contributed by atoms with van der Waals surface area (Å²) < 4.78 is 5.71. The SMILES string of the molecule is CCCN1C(=O)C(C#N)=C(C)/C(=C\c2ccc(-c3ccccc3[N+](=O)[O-])o2)C1=O. The molecule has 0 radical (unpaired) electrons. The van der Waals surface area contributed by atoms with E-state index in [1.54, 1.807) is 30.3 Å². The van der Waals surface area contributed by atoms with Crippen LogP contribution in [0.5, 0.6) is 0 Å². The Bertz CT molecular complexity index is 1120. The Morgan fingerprint density at radius 1 is 1.21 bits per heavy atom. The monoisotopic (exact) mass is 391 g/mol. The van der Waals surface area contributed by atoms with Crippen LogP contribution in [-0.2, 0) is 9.59 Å². The zero-order valence-electron chi connectivity index (χ0n) is 15.8. The third-order valence-corrected chi connectivity index (χ3v) is 4.55. The molecule has 0 aliphatic carbocycles. The van der Waals surface area contributed by atoms with Gasteiger partial charge in [-0.05, 0) is 43.2 Å². The van der Waals surface area contributed by atoms with E-state index in [-0.39, 0.29) is 40.5 Å². The zero-order valence-corrected chi connectivity index (χ0v) is 15.8. The smallest absolute Gasteiger partial charge is 0.280 e. The van der Waals surface area contributed by atoms with Crippen molar-refractivity contribution in [2.75, 3.05) is 6.54 Å². The second kappa shape index (κ2) is 7.94. The number of nitro benzene ring substituents is 1. The van der Waals surface area contributed by atoms with E-state index in [1.165, 1.54) is 19.1 Å². The van der Waals surface area contributed by atoms with Crippen LogP contribution in [0.15, 0.2) is 57.5 Å². The molecule has 8 nitrogen and oxygen atoms in total. The molecule has 0 fully saturated rings. The van der Waals surface area contributed by atoms with Crippen molar-refractivity contribution in [2.45, 2.75) is 20.3 Å². The van der Waals surface area contributed by atoms with Crippen molar-refractivity contribution in [1.29, 1.82) is 5.26 Å². The third-order valence-electron chi connectivity index (χ3n) is 4.55. The van der Waals surface area contributed by atoms with E-state index in [9.17, 15) is 25.0 Å². The molecule has 2 amide bonds. The van der Waals surface area contributed by atoms with Crippen molar-refractivity contribution < 1.29 is 18.9 Å². The Labute approximate surface area is 166 Å². The number of benzene rings is 1. The summed E-state index contributed by atoms with van der Waals surface area (Å²) in [5.41, 5.74) is 0.577. The van der Waals surface area contributed by atoms with E-state index < -0.39 is 16.7 Å². The summed E-state index contributed by atoms with van der Waals surface area (Å²) in [7, 11) is 0. The average Bonchev–Trinajstić information content (AvgIpc) is 3.17. The van der Waals surface area contributed by atoms with Crippen molar-refractivity contribution in [2.24, 2.45) is 0 Å². The molecule has 0 N–H and O–H groups in total. The summed E-state index contributed by atoms with van der Waals surface area (Å²) in [6, 6.07) is 11.2. The molecule has 0 atom stereocenters. The van der Waals surface area contributed by atoms with E-state index in [2.05, 4.69) is 0 Å². The molecule has 1 aromatic carbocycles. The fraction of sp³-hybridized carbons (Fsp3) is 0.190. The highest BCUT2D eigenvalue weighted by Crippen LogP contribution is 2.33. The van der Waals surface area contributed by atoms with E-state index in [1.807, 2.05) is 13.0 Å². The standard InChI is InChI=1S/C21H17N3O5/c1-3-10-23-20(25)16(13(2)17(12-22)21(23)26)11-14-8-9-19(29-14)15-6-4-5-7-18(15)24(27)28/h4-9,11H,3,10H2,1-2H3/b16-11+. The number of nitrogens with zero attached hydrogens (tertiary/aromatic N) is 3. The number of carbonyl (C=O) groups is 2. The van der Waals surface area contributed by atoms with Crippen LogP contribution in [0.4, 0.5) is 5.69 Å². The molecule has 1 aliphatic rings. The van der Waals surface area contributed by atoms with Gasteiger partial charge >= 0.3 is 0 Å². The maximum atomic E-state index is 12.8. The van der Waals surface area contributed by atoms with Crippen LogP contribution in [0.1, 0.15) is 26.0 Å². The highest BCUT2D eigenvalue weighted by molar-refractivity contribution is 6.19. The fourth-order valence-corrected chi connectivity index (χ4v) is 3.12. The largest absolute Gasteiger partial charge is 0.456 e. The van der Waals surface area contributed by atoms with E-state index >= 15 is 0 Å². The molecule has 2 aromatic rings. The molecule has 1 aliphatic heterocycles. The number of nitriles is 1. The van der Waals surface area contributed by atoms with Crippen molar-refractivity contribution in [3.05, 3.63) is 69.0 Å². The van der Waals surface area contributed by atoms with Gasteiger partial charge in [0.25, 0.3) is 17.5 Å². The minimum atomic E-state index is -0.603. The lowest BCUT2D eigenvalue weighted by molar-refractivity contribution is -0.384. The van der Waals surface area contributed by atoms with E-state index in [0.29, 0.717) is 12.0 Å². The number of para-hydroxylation sites is 1. The van der Waals surface area contributed by atoms with Crippen molar-refractivity contribution in [3.63, 3.8) is 0 Å². The minimum Gasteiger partial charge on any atom is -0.456 e. The zero-order chi connectivity index (χ0) is 21.1. The van der Waals surface area contributed by atoms with Crippen LogP contribution in [0.2, 0.25) is 0 Å². The molecule has 29 heavy (non-hydrogen) atoms. The van der Waals surface area contributed by atoms with Crippen LogP contribution < -0.4 is 0 Å². The van der Waals surface area contributed by atoms with E-state index in [0.717, 1.165) is 4.90 Å². The topological polar surface area (TPSA) is 117 Å². The Morgan fingerprint density at radius 2 is 1.93 bits per heavy atom. The van der Waals surface area contributed by atoms with Gasteiger partial charge in [-0.2, -0.15) is 5.26 Å². The second-order valence-electron chi connectivity index (χ2n) is 6.41. The normalized spacial score (nSPS) is 15.8. The molecular weight excluding hydrogens is 374 g/mol. The number of furan rings is 1. The highest BCUT2D eigenvalue weighted by atomic mass is 16.6. The number of amides is 2. The maximum absolute atomic E-state index is 12.8. The number of nitro groups is 1.